The van der Waals surface area contributed by atoms with Gasteiger partial charge in [-0.2, -0.15) is 0 Å². The molecule has 0 bridgehead atoms. The number of thiocarbonyl (C=S) groups is 1. The van der Waals surface area contributed by atoms with Crippen LogP contribution in [-0.2, 0) is 9.59 Å². The van der Waals surface area contributed by atoms with Crippen molar-refractivity contribution < 1.29 is 9.59 Å². The smallest absolute Gasteiger partial charge is 0.267 e. The first-order chi connectivity index (χ1) is 13.5. The van der Waals surface area contributed by atoms with Crippen molar-refractivity contribution in [1.82, 2.24) is 4.90 Å². The number of para-hydroxylation sites is 1. The summed E-state index contributed by atoms with van der Waals surface area (Å²) in [5.74, 6) is 0.138. The van der Waals surface area contributed by atoms with Gasteiger partial charge in [-0.25, -0.2) is 0 Å². The third-order valence-electron chi connectivity index (χ3n) is 5.30. The molecule has 0 N–H and O–H groups in total. The van der Waals surface area contributed by atoms with Gasteiger partial charge >= 0.3 is 0 Å². The summed E-state index contributed by atoms with van der Waals surface area (Å²) < 4.78 is 0.551. The first-order valence-electron chi connectivity index (χ1n) is 9.83. The number of thioether (sulfide) groups is 1. The maximum atomic E-state index is 13.2. The second-order valence-corrected chi connectivity index (χ2v) is 8.77. The summed E-state index contributed by atoms with van der Waals surface area (Å²) in [6, 6.07) is 7.59. The van der Waals surface area contributed by atoms with Crippen molar-refractivity contribution in [1.29, 1.82) is 0 Å². The van der Waals surface area contributed by atoms with Gasteiger partial charge in [-0.3, -0.25) is 14.5 Å². The van der Waals surface area contributed by atoms with Crippen molar-refractivity contribution in [2.45, 2.75) is 39.5 Å². The highest BCUT2D eigenvalue weighted by atomic mass is 32.2. The van der Waals surface area contributed by atoms with Crippen molar-refractivity contribution in [2.24, 2.45) is 5.92 Å². The maximum Gasteiger partial charge on any atom is 0.267 e. The molecule has 2 aliphatic rings. The fourth-order valence-corrected chi connectivity index (χ4v) is 5.04. The summed E-state index contributed by atoms with van der Waals surface area (Å²) >= 11 is 6.78. The van der Waals surface area contributed by atoms with Crippen LogP contribution in [0.5, 0.6) is 0 Å². The normalized spacial score (nSPS) is 20.1. The molecule has 0 aromatic heterocycles. The molecule has 1 fully saturated rings. The van der Waals surface area contributed by atoms with Gasteiger partial charge < -0.3 is 4.90 Å². The zero-order valence-corrected chi connectivity index (χ0v) is 18.1. The Labute approximate surface area is 176 Å². The van der Waals surface area contributed by atoms with E-state index in [4.69, 9.17) is 12.2 Å². The fraction of sp³-hybridized carbons (Fsp3) is 0.409. The van der Waals surface area contributed by atoms with Crippen LogP contribution in [0, 0.1) is 5.92 Å². The van der Waals surface area contributed by atoms with Crippen LogP contribution in [0.2, 0.25) is 0 Å². The molecule has 2 amide bonds. The lowest BCUT2D eigenvalue weighted by Gasteiger charge is -2.21. The van der Waals surface area contributed by atoms with Gasteiger partial charge in [0.05, 0.1) is 16.2 Å². The number of unbranched alkanes of at least 4 members (excludes halogenated alkanes) is 1. The molecule has 0 saturated carbocycles. The molecule has 0 aliphatic carbocycles. The Kier molecular flexibility index (Phi) is 6.73. The Morgan fingerprint density at radius 2 is 1.93 bits per heavy atom. The van der Waals surface area contributed by atoms with E-state index >= 15 is 0 Å². The zero-order valence-electron chi connectivity index (χ0n) is 16.4. The number of hydrogen-bond acceptors (Lipinski definition) is 4. The number of hydrogen-bond donors (Lipinski definition) is 0. The second-order valence-electron chi connectivity index (χ2n) is 7.13. The molecule has 1 saturated heterocycles. The van der Waals surface area contributed by atoms with Crippen LogP contribution in [0.3, 0.4) is 0 Å². The van der Waals surface area contributed by atoms with Gasteiger partial charge in [-0.15, -0.1) is 6.58 Å². The summed E-state index contributed by atoms with van der Waals surface area (Å²) in [5.41, 5.74) is 2.09. The topological polar surface area (TPSA) is 40.6 Å². The molecule has 1 atom stereocenters. The average molecular weight is 415 g/mol. The molecule has 1 aromatic carbocycles. The molecular weight excluding hydrogens is 388 g/mol. The van der Waals surface area contributed by atoms with E-state index < -0.39 is 0 Å². The van der Waals surface area contributed by atoms with E-state index in [9.17, 15) is 9.59 Å². The van der Waals surface area contributed by atoms with Crippen LogP contribution in [0.25, 0.3) is 5.57 Å². The summed E-state index contributed by atoms with van der Waals surface area (Å²) in [7, 11) is 0. The number of rotatable bonds is 8. The highest BCUT2D eigenvalue weighted by molar-refractivity contribution is 8.26. The SMILES string of the molecule is C=CCN1C(=O)/C(=C2/SC(=S)N(C[C@@H](CC)CCCC)C2=O)c2ccccc21. The van der Waals surface area contributed by atoms with E-state index in [-0.39, 0.29) is 11.8 Å². The Hall–Kier alpha value is -1.92. The molecule has 2 heterocycles. The van der Waals surface area contributed by atoms with Crippen LogP contribution in [0.4, 0.5) is 5.69 Å². The number of benzene rings is 1. The second kappa shape index (κ2) is 9.05. The van der Waals surface area contributed by atoms with Crippen molar-refractivity contribution in [3.05, 3.63) is 47.4 Å². The van der Waals surface area contributed by atoms with Gasteiger partial charge in [-0.05, 0) is 18.4 Å². The van der Waals surface area contributed by atoms with Gasteiger partial charge in [0.25, 0.3) is 11.8 Å². The molecule has 1 aromatic rings. The van der Waals surface area contributed by atoms with Crippen molar-refractivity contribution >= 4 is 51.4 Å². The molecule has 28 heavy (non-hydrogen) atoms. The van der Waals surface area contributed by atoms with Gasteiger partial charge in [0.1, 0.15) is 4.32 Å². The Balaban J connectivity index is 1.94. The minimum atomic E-state index is -0.153. The third-order valence-corrected chi connectivity index (χ3v) is 6.74. The van der Waals surface area contributed by atoms with Crippen LogP contribution in [-0.4, -0.2) is 34.1 Å². The minimum absolute atomic E-state index is 0.136. The molecule has 0 spiro atoms. The predicted molar refractivity (Wildman–Crippen MR) is 121 cm³/mol. The molecular formula is C22H26N2O2S2. The molecule has 0 radical (unpaired) electrons. The van der Waals surface area contributed by atoms with E-state index in [1.165, 1.54) is 11.8 Å². The summed E-state index contributed by atoms with van der Waals surface area (Å²) in [4.78, 5) is 30.1. The average Bonchev–Trinajstić information content (AvgIpc) is 3.13. The summed E-state index contributed by atoms with van der Waals surface area (Å²) in [6.07, 6.45) is 6.09. The number of fused-ring (bicyclic) bond motifs is 1. The van der Waals surface area contributed by atoms with Crippen LogP contribution >= 0.6 is 24.0 Å². The summed E-state index contributed by atoms with van der Waals surface area (Å²) in [6.45, 7) is 9.12. The Morgan fingerprint density at radius 3 is 2.61 bits per heavy atom. The standard InChI is InChI=1S/C22H26N2O2S2/c1-4-7-10-15(6-3)14-24-21(26)19(28-22(24)27)18-16-11-8-9-12-17(16)23(13-5-2)20(18)25/h5,8-9,11-12,15H,2,4,6-7,10,13-14H2,1,3H3/b19-18+/t15-/m0/s1. The van der Waals surface area contributed by atoms with Crippen molar-refractivity contribution in [3.63, 3.8) is 0 Å². The Bertz CT molecular complexity index is 847. The van der Waals surface area contributed by atoms with E-state index in [1.54, 1.807) is 15.9 Å². The van der Waals surface area contributed by atoms with Crippen LogP contribution in [0.15, 0.2) is 41.8 Å². The first-order valence-corrected chi connectivity index (χ1v) is 11.1. The van der Waals surface area contributed by atoms with Crippen molar-refractivity contribution in [3.8, 4) is 0 Å². The van der Waals surface area contributed by atoms with E-state index in [0.717, 1.165) is 36.9 Å². The summed E-state index contributed by atoms with van der Waals surface area (Å²) in [5, 5.41) is 0. The molecule has 3 rings (SSSR count). The van der Waals surface area contributed by atoms with Gasteiger partial charge in [0, 0.05) is 18.7 Å². The highest BCUT2D eigenvalue weighted by Gasteiger charge is 2.41. The molecule has 2 aliphatic heterocycles. The lowest BCUT2D eigenvalue weighted by Crippen LogP contribution is -2.33. The monoisotopic (exact) mass is 414 g/mol. The van der Waals surface area contributed by atoms with Crippen molar-refractivity contribution in [2.75, 3.05) is 18.0 Å². The van der Waals surface area contributed by atoms with E-state index in [0.29, 0.717) is 33.8 Å². The van der Waals surface area contributed by atoms with Gasteiger partial charge in [0.15, 0.2) is 0 Å². The number of carbonyl (C=O) groups is 2. The zero-order chi connectivity index (χ0) is 20.3. The predicted octanol–water partition coefficient (Wildman–Crippen LogP) is 5.01. The van der Waals surface area contributed by atoms with Crippen LogP contribution in [0.1, 0.15) is 45.1 Å². The Morgan fingerprint density at radius 1 is 1.18 bits per heavy atom. The largest absolute Gasteiger partial charge is 0.304 e. The minimum Gasteiger partial charge on any atom is -0.304 e. The number of anilines is 1. The third kappa shape index (κ3) is 3.80. The number of carbonyl (C=O) groups excluding carboxylic acids is 2. The van der Waals surface area contributed by atoms with Crippen LogP contribution < -0.4 is 4.90 Å². The quantitative estimate of drug-likeness (QED) is 0.341. The van der Waals surface area contributed by atoms with E-state index in [1.807, 2.05) is 24.3 Å². The molecule has 0 unspecified atom stereocenters. The molecule has 4 nitrogen and oxygen atoms in total. The molecule has 6 heteroatoms. The van der Waals surface area contributed by atoms with Gasteiger partial charge in [0.2, 0.25) is 0 Å². The number of nitrogens with zero attached hydrogens (tertiary/aromatic N) is 2. The molecule has 148 valence electrons. The highest BCUT2D eigenvalue weighted by Crippen LogP contribution is 2.44. The lowest BCUT2D eigenvalue weighted by molar-refractivity contribution is -0.123. The lowest BCUT2D eigenvalue weighted by atomic mass is 9.98. The first kappa shape index (κ1) is 20.8. The van der Waals surface area contributed by atoms with Gasteiger partial charge in [-0.1, -0.05) is 81.4 Å². The fourth-order valence-electron chi connectivity index (χ4n) is 3.69. The maximum absolute atomic E-state index is 13.2. The van der Waals surface area contributed by atoms with E-state index in [2.05, 4.69) is 20.4 Å². The number of amides is 2.